The van der Waals surface area contributed by atoms with Gasteiger partial charge in [0.15, 0.2) is 0 Å². The fourth-order valence-electron chi connectivity index (χ4n) is 1.25. The molecule has 0 unspecified atom stereocenters. The first-order valence-electron chi connectivity index (χ1n) is 5.31. The van der Waals surface area contributed by atoms with Crippen LogP contribution in [0.15, 0.2) is 35.4 Å². The molecule has 19 heavy (non-hydrogen) atoms. The highest BCUT2D eigenvalue weighted by molar-refractivity contribution is 8.01. The van der Waals surface area contributed by atoms with Gasteiger partial charge in [-0.25, -0.2) is 8.42 Å². The van der Waals surface area contributed by atoms with Crippen LogP contribution in [-0.4, -0.2) is 29.5 Å². The van der Waals surface area contributed by atoms with Crippen molar-refractivity contribution in [1.82, 2.24) is 9.59 Å². The van der Waals surface area contributed by atoms with Gasteiger partial charge in [-0.2, -0.15) is 0 Å². The van der Waals surface area contributed by atoms with Crippen LogP contribution in [0.1, 0.15) is 0 Å². The average molecular weight is 316 g/mol. The lowest BCUT2D eigenvalue weighted by Gasteiger charge is -2.05. The van der Waals surface area contributed by atoms with E-state index in [1.54, 1.807) is 12.1 Å². The fraction of sp³-hybridized carbons (Fsp3) is 0.200. The molecule has 0 radical (unpaired) electrons. The SMILES string of the molecule is Nc1ccc(SCCS(=O)(=O)Nc2cnns2)cc1. The van der Waals surface area contributed by atoms with Crippen molar-refractivity contribution in [3.8, 4) is 0 Å². The van der Waals surface area contributed by atoms with Crippen molar-refractivity contribution in [2.75, 3.05) is 22.0 Å². The van der Waals surface area contributed by atoms with Crippen molar-refractivity contribution >= 4 is 44.0 Å². The van der Waals surface area contributed by atoms with Crippen molar-refractivity contribution in [1.29, 1.82) is 0 Å². The number of nitrogens with zero attached hydrogens (tertiary/aromatic N) is 2. The second kappa shape index (κ2) is 6.22. The van der Waals surface area contributed by atoms with E-state index in [1.165, 1.54) is 18.0 Å². The van der Waals surface area contributed by atoms with Gasteiger partial charge in [-0.05, 0) is 24.3 Å². The predicted molar refractivity (Wildman–Crippen MR) is 78.9 cm³/mol. The van der Waals surface area contributed by atoms with Gasteiger partial charge in [0, 0.05) is 27.9 Å². The standard InChI is InChI=1S/C10H12N4O2S3/c11-8-1-3-9(4-2-8)17-5-6-19(15,16)13-10-7-12-14-18-10/h1-4,7,13H,5-6,11H2. The maximum absolute atomic E-state index is 11.7. The molecule has 0 fully saturated rings. The van der Waals surface area contributed by atoms with E-state index in [1.807, 2.05) is 12.1 Å². The van der Waals surface area contributed by atoms with Crippen LogP contribution in [0.25, 0.3) is 0 Å². The Morgan fingerprint density at radius 3 is 2.68 bits per heavy atom. The van der Waals surface area contributed by atoms with E-state index < -0.39 is 10.0 Å². The van der Waals surface area contributed by atoms with E-state index in [4.69, 9.17) is 5.73 Å². The molecule has 2 aromatic rings. The van der Waals surface area contributed by atoms with Crippen LogP contribution >= 0.6 is 23.3 Å². The normalized spacial score (nSPS) is 11.4. The summed E-state index contributed by atoms with van der Waals surface area (Å²) in [4.78, 5) is 0.990. The molecule has 1 aromatic heterocycles. The van der Waals surface area contributed by atoms with Crippen molar-refractivity contribution in [2.24, 2.45) is 0 Å². The third-order valence-electron chi connectivity index (χ3n) is 2.12. The van der Waals surface area contributed by atoms with Crippen LogP contribution in [0.5, 0.6) is 0 Å². The third kappa shape index (κ3) is 4.69. The second-order valence-electron chi connectivity index (χ2n) is 3.62. The summed E-state index contributed by atoms with van der Waals surface area (Å²) in [6.07, 6.45) is 1.38. The van der Waals surface area contributed by atoms with E-state index in [2.05, 4.69) is 14.3 Å². The van der Waals surface area contributed by atoms with Crippen LogP contribution in [0.2, 0.25) is 0 Å². The third-order valence-corrected chi connectivity index (χ3v) is 5.37. The zero-order chi connectivity index (χ0) is 13.7. The Kier molecular flexibility index (Phi) is 4.61. The number of anilines is 2. The number of benzene rings is 1. The zero-order valence-corrected chi connectivity index (χ0v) is 12.3. The first-order valence-corrected chi connectivity index (χ1v) is 8.72. The van der Waals surface area contributed by atoms with Crippen LogP contribution in [0, 0.1) is 0 Å². The van der Waals surface area contributed by atoms with Crippen LogP contribution in [-0.2, 0) is 10.0 Å². The largest absolute Gasteiger partial charge is 0.399 e. The lowest BCUT2D eigenvalue weighted by Crippen LogP contribution is -2.17. The molecule has 0 saturated heterocycles. The summed E-state index contributed by atoms with van der Waals surface area (Å²) in [6.45, 7) is 0. The molecule has 2 rings (SSSR count). The Balaban J connectivity index is 1.83. The Morgan fingerprint density at radius 2 is 2.05 bits per heavy atom. The van der Waals surface area contributed by atoms with Crippen molar-refractivity contribution in [2.45, 2.75) is 4.90 Å². The molecule has 0 aliphatic heterocycles. The molecule has 9 heteroatoms. The summed E-state index contributed by atoms with van der Waals surface area (Å²) in [5.74, 6) is 0.491. The molecular weight excluding hydrogens is 304 g/mol. The quantitative estimate of drug-likeness (QED) is 0.621. The highest BCUT2D eigenvalue weighted by Gasteiger charge is 2.11. The first-order chi connectivity index (χ1) is 9.05. The molecule has 0 aliphatic carbocycles. The van der Waals surface area contributed by atoms with Gasteiger partial charge in [-0.1, -0.05) is 4.49 Å². The Morgan fingerprint density at radius 1 is 1.32 bits per heavy atom. The van der Waals surface area contributed by atoms with E-state index in [9.17, 15) is 8.42 Å². The van der Waals surface area contributed by atoms with Crippen LogP contribution in [0.3, 0.4) is 0 Å². The summed E-state index contributed by atoms with van der Waals surface area (Å²) < 4.78 is 29.5. The van der Waals surface area contributed by atoms with Crippen molar-refractivity contribution in [3.63, 3.8) is 0 Å². The number of aromatic nitrogens is 2. The van der Waals surface area contributed by atoms with Crippen LogP contribution < -0.4 is 10.5 Å². The topological polar surface area (TPSA) is 98.0 Å². The van der Waals surface area contributed by atoms with E-state index in [-0.39, 0.29) is 5.75 Å². The molecule has 0 amide bonds. The maximum atomic E-state index is 11.7. The zero-order valence-electron chi connectivity index (χ0n) is 9.81. The summed E-state index contributed by atoms with van der Waals surface area (Å²) in [7, 11) is -3.35. The summed E-state index contributed by atoms with van der Waals surface area (Å²) >= 11 is 2.48. The van der Waals surface area contributed by atoms with Crippen molar-refractivity contribution in [3.05, 3.63) is 30.5 Å². The number of nitrogens with two attached hydrogens (primary N) is 1. The van der Waals surface area contributed by atoms with Crippen LogP contribution in [0.4, 0.5) is 10.7 Å². The number of nitrogen functional groups attached to an aromatic ring is 1. The molecule has 102 valence electrons. The molecule has 1 aromatic carbocycles. The number of rotatable bonds is 6. The van der Waals surface area contributed by atoms with Gasteiger partial charge in [-0.15, -0.1) is 16.9 Å². The highest BCUT2D eigenvalue weighted by atomic mass is 32.2. The Hall–Kier alpha value is -1.32. The average Bonchev–Trinajstić information content (AvgIpc) is 2.83. The smallest absolute Gasteiger partial charge is 0.234 e. The predicted octanol–water partition coefficient (Wildman–Crippen LogP) is 1.65. The van der Waals surface area contributed by atoms with Crippen molar-refractivity contribution < 1.29 is 8.42 Å². The molecule has 0 aliphatic rings. The maximum Gasteiger partial charge on any atom is 0.234 e. The number of thioether (sulfide) groups is 1. The van der Waals surface area contributed by atoms with Gasteiger partial charge in [-0.3, -0.25) is 4.72 Å². The lowest BCUT2D eigenvalue weighted by atomic mass is 10.3. The van der Waals surface area contributed by atoms with E-state index in [0.29, 0.717) is 16.4 Å². The summed E-state index contributed by atoms with van der Waals surface area (Å²) in [5, 5.41) is 4.00. The number of nitrogens with one attached hydrogen (secondary N) is 1. The van der Waals surface area contributed by atoms with E-state index >= 15 is 0 Å². The summed E-state index contributed by atoms with van der Waals surface area (Å²) in [5.41, 5.74) is 6.27. The molecule has 0 spiro atoms. The summed E-state index contributed by atoms with van der Waals surface area (Å²) in [6, 6.07) is 7.32. The Bertz CT molecular complexity index is 611. The minimum absolute atomic E-state index is 0.0277. The van der Waals surface area contributed by atoms with Gasteiger partial charge < -0.3 is 5.73 Å². The molecule has 0 atom stereocenters. The number of hydrogen-bond acceptors (Lipinski definition) is 7. The first kappa shape index (κ1) is 14.1. The van der Waals surface area contributed by atoms with Gasteiger partial charge in [0.05, 0.1) is 11.9 Å². The molecule has 3 N–H and O–H groups in total. The fourth-order valence-corrected chi connectivity index (χ4v) is 4.29. The minimum atomic E-state index is -3.35. The number of sulfonamides is 1. The molecule has 0 saturated carbocycles. The van der Waals surface area contributed by atoms with Gasteiger partial charge in [0.1, 0.15) is 5.00 Å². The number of hydrogen-bond donors (Lipinski definition) is 2. The molecule has 6 nitrogen and oxygen atoms in total. The van der Waals surface area contributed by atoms with E-state index in [0.717, 1.165) is 16.4 Å². The molecule has 0 bridgehead atoms. The molecule has 1 heterocycles. The monoisotopic (exact) mass is 316 g/mol. The highest BCUT2D eigenvalue weighted by Crippen LogP contribution is 2.20. The second-order valence-corrected chi connectivity index (χ2v) is 7.42. The minimum Gasteiger partial charge on any atom is -0.399 e. The lowest BCUT2D eigenvalue weighted by molar-refractivity contribution is 0.603. The molecular formula is C10H12N4O2S3. The van der Waals surface area contributed by atoms with Gasteiger partial charge >= 0.3 is 0 Å². The van der Waals surface area contributed by atoms with Gasteiger partial charge in [0.25, 0.3) is 0 Å². The van der Waals surface area contributed by atoms with Gasteiger partial charge in [0.2, 0.25) is 10.0 Å². The Labute approximate surface area is 119 Å².